The average molecular weight is 362 g/mol. The first-order chi connectivity index (χ1) is 10.4. The van der Waals surface area contributed by atoms with E-state index in [1.165, 1.54) is 6.07 Å². The lowest BCUT2D eigenvalue weighted by Crippen LogP contribution is -2.38. The molecule has 0 unspecified atom stereocenters. The van der Waals surface area contributed by atoms with Crippen LogP contribution < -0.4 is 15.4 Å². The Hall–Kier alpha value is -1.15. The molecule has 8 heteroatoms. The van der Waals surface area contributed by atoms with Crippen molar-refractivity contribution in [2.45, 2.75) is 44.0 Å². The van der Waals surface area contributed by atoms with E-state index >= 15 is 0 Å². The van der Waals surface area contributed by atoms with E-state index in [2.05, 4.69) is 15.4 Å². The average Bonchev–Trinajstić information content (AvgIpc) is 2.65. The number of aryl methyl sites for hydroxylation is 1. The molecule has 0 saturated heterocycles. The second-order valence-electron chi connectivity index (χ2n) is 5.53. The van der Waals surface area contributed by atoms with Crippen molar-refractivity contribution < 1.29 is 13.2 Å². The van der Waals surface area contributed by atoms with E-state index in [-0.39, 0.29) is 29.3 Å². The SMILES string of the molecule is CCN[C@H](C)CNS(=O)(=O)c1ccc2c(c1)CCCC(=O)N2.Cl. The summed E-state index contributed by atoms with van der Waals surface area (Å²) in [5.74, 6) is -0.0213. The molecule has 0 spiro atoms. The summed E-state index contributed by atoms with van der Waals surface area (Å²) >= 11 is 0. The van der Waals surface area contributed by atoms with Gasteiger partial charge in [0.05, 0.1) is 4.90 Å². The molecule has 1 aliphatic heterocycles. The normalized spacial score (nSPS) is 15.8. The van der Waals surface area contributed by atoms with E-state index in [1.807, 2.05) is 13.8 Å². The van der Waals surface area contributed by atoms with Crippen molar-refractivity contribution in [1.29, 1.82) is 0 Å². The van der Waals surface area contributed by atoms with E-state index in [1.54, 1.807) is 12.1 Å². The number of nitrogens with one attached hydrogen (secondary N) is 3. The van der Waals surface area contributed by atoms with Gasteiger partial charge in [-0.2, -0.15) is 0 Å². The minimum Gasteiger partial charge on any atom is -0.326 e. The number of amides is 1. The molecule has 2 rings (SSSR count). The molecule has 0 aliphatic carbocycles. The quantitative estimate of drug-likeness (QED) is 0.719. The molecule has 1 atom stereocenters. The first-order valence-corrected chi connectivity index (χ1v) is 9.06. The number of halogens is 1. The third-order valence-electron chi connectivity index (χ3n) is 3.64. The minimum atomic E-state index is -3.54. The van der Waals surface area contributed by atoms with E-state index in [0.29, 0.717) is 25.1 Å². The van der Waals surface area contributed by atoms with Gasteiger partial charge >= 0.3 is 0 Å². The maximum absolute atomic E-state index is 12.4. The van der Waals surface area contributed by atoms with E-state index in [9.17, 15) is 13.2 Å². The first-order valence-electron chi connectivity index (χ1n) is 7.58. The van der Waals surface area contributed by atoms with E-state index in [0.717, 1.165) is 18.5 Å². The molecule has 130 valence electrons. The Morgan fingerprint density at radius 3 is 2.74 bits per heavy atom. The van der Waals surface area contributed by atoms with Gasteiger partial charge in [0.1, 0.15) is 0 Å². The van der Waals surface area contributed by atoms with Crippen molar-refractivity contribution >= 4 is 34.0 Å². The summed E-state index contributed by atoms with van der Waals surface area (Å²) in [6.45, 7) is 5.04. The van der Waals surface area contributed by atoms with Crippen LogP contribution in [0.3, 0.4) is 0 Å². The maximum atomic E-state index is 12.4. The van der Waals surface area contributed by atoms with Gasteiger partial charge in [-0.05, 0) is 50.1 Å². The molecule has 1 aromatic rings. The van der Waals surface area contributed by atoms with Gasteiger partial charge < -0.3 is 10.6 Å². The monoisotopic (exact) mass is 361 g/mol. The molecule has 0 bridgehead atoms. The largest absolute Gasteiger partial charge is 0.326 e. The van der Waals surface area contributed by atoms with Crippen LogP contribution in [0.15, 0.2) is 23.1 Å². The third-order valence-corrected chi connectivity index (χ3v) is 5.06. The number of anilines is 1. The van der Waals surface area contributed by atoms with Crippen molar-refractivity contribution in [3.05, 3.63) is 23.8 Å². The van der Waals surface area contributed by atoms with Crippen LogP contribution >= 0.6 is 12.4 Å². The maximum Gasteiger partial charge on any atom is 0.240 e. The molecule has 1 heterocycles. The summed E-state index contributed by atoms with van der Waals surface area (Å²) in [6.07, 6.45) is 1.90. The molecule has 0 radical (unpaired) electrons. The fourth-order valence-electron chi connectivity index (χ4n) is 2.46. The zero-order valence-corrected chi connectivity index (χ0v) is 15.0. The Bertz CT molecular complexity index is 649. The van der Waals surface area contributed by atoms with Crippen molar-refractivity contribution in [1.82, 2.24) is 10.0 Å². The Labute approximate surface area is 143 Å². The Kier molecular flexibility index (Phi) is 7.47. The Balaban J connectivity index is 0.00000264. The van der Waals surface area contributed by atoms with Gasteiger partial charge in [0.25, 0.3) is 0 Å². The molecular formula is C15H24ClN3O3S. The summed E-state index contributed by atoms with van der Waals surface area (Å²) in [6, 6.07) is 4.92. The Morgan fingerprint density at radius 1 is 1.30 bits per heavy atom. The van der Waals surface area contributed by atoms with Gasteiger partial charge in [0.15, 0.2) is 0 Å². The topological polar surface area (TPSA) is 87.3 Å². The summed E-state index contributed by atoms with van der Waals surface area (Å²) in [5, 5.41) is 5.96. The lowest BCUT2D eigenvalue weighted by Gasteiger charge is -2.14. The highest BCUT2D eigenvalue weighted by molar-refractivity contribution is 7.89. The number of sulfonamides is 1. The van der Waals surface area contributed by atoms with Gasteiger partial charge in [-0.3, -0.25) is 4.79 Å². The van der Waals surface area contributed by atoms with Crippen molar-refractivity contribution in [2.24, 2.45) is 0 Å². The number of likely N-dealkylation sites (N-methyl/N-ethyl adjacent to an activating group) is 1. The zero-order chi connectivity index (χ0) is 16.2. The van der Waals surface area contributed by atoms with Crippen LogP contribution in [0.25, 0.3) is 0 Å². The number of hydrogen-bond donors (Lipinski definition) is 3. The zero-order valence-electron chi connectivity index (χ0n) is 13.4. The summed E-state index contributed by atoms with van der Waals surface area (Å²) in [5.41, 5.74) is 1.58. The first kappa shape index (κ1) is 19.9. The predicted molar refractivity (Wildman–Crippen MR) is 93.6 cm³/mol. The molecular weight excluding hydrogens is 338 g/mol. The fraction of sp³-hybridized carbons (Fsp3) is 0.533. The van der Waals surface area contributed by atoms with E-state index in [4.69, 9.17) is 0 Å². The molecule has 1 aromatic carbocycles. The van der Waals surface area contributed by atoms with Crippen molar-refractivity contribution in [2.75, 3.05) is 18.4 Å². The van der Waals surface area contributed by atoms with Crippen LogP contribution in [0.1, 0.15) is 32.3 Å². The number of benzene rings is 1. The second-order valence-corrected chi connectivity index (χ2v) is 7.30. The number of fused-ring (bicyclic) bond motifs is 1. The van der Waals surface area contributed by atoms with E-state index < -0.39 is 10.0 Å². The molecule has 0 saturated carbocycles. The third kappa shape index (κ3) is 5.46. The lowest BCUT2D eigenvalue weighted by molar-refractivity contribution is -0.116. The number of rotatable bonds is 6. The van der Waals surface area contributed by atoms with Gasteiger partial charge in [-0.15, -0.1) is 12.4 Å². The highest BCUT2D eigenvalue weighted by Crippen LogP contribution is 2.25. The predicted octanol–water partition coefficient (Wildman–Crippen LogP) is 1.66. The van der Waals surface area contributed by atoms with Gasteiger partial charge in [0, 0.05) is 24.7 Å². The van der Waals surface area contributed by atoms with Crippen LogP contribution in [-0.2, 0) is 21.2 Å². The van der Waals surface area contributed by atoms with Crippen molar-refractivity contribution in [3.8, 4) is 0 Å². The van der Waals surface area contributed by atoms with Gasteiger partial charge in [0.2, 0.25) is 15.9 Å². The highest BCUT2D eigenvalue weighted by Gasteiger charge is 2.19. The smallest absolute Gasteiger partial charge is 0.240 e. The molecule has 3 N–H and O–H groups in total. The number of carbonyl (C=O) groups is 1. The van der Waals surface area contributed by atoms with Gasteiger partial charge in [-0.25, -0.2) is 13.1 Å². The van der Waals surface area contributed by atoms with Crippen LogP contribution in [0.4, 0.5) is 5.69 Å². The molecule has 6 nitrogen and oxygen atoms in total. The summed E-state index contributed by atoms with van der Waals surface area (Å²) in [7, 11) is -3.54. The van der Waals surface area contributed by atoms with Crippen LogP contribution in [0, 0.1) is 0 Å². The summed E-state index contributed by atoms with van der Waals surface area (Å²) < 4.78 is 27.3. The van der Waals surface area contributed by atoms with Crippen LogP contribution in [0.2, 0.25) is 0 Å². The van der Waals surface area contributed by atoms with Crippen LogP contribution in [-0.4, -0.2) is 33.5 Å². The molecule has 0 aromatic heterocycles. The molecule has 0 fully saturated rings. The molecule has 1 amide bonds. The number of hydrogen-bond acceptors (Lipinski definition) is 4. The minimum absolute atomic E-state index is 0. The summed E-state index contributed by atoms with van der Waals surface area (Å²) in [4.78, 5) is 11.8. The van der Waals surface area contributed by atoms with Crippen molar-refractivity contribution in [3.63, 3.8) is 0 Å². The highest BCUT2D eigenvalue weighted by atomic mass is 35.5. The number of carbonyl (C=O) groups excluding carboxylic acids is 1. The standard InChI is InChI=1S/C15H23N3O3S.ClH/c1-3-16-11(2)10-17-22(20,21)13-7-8-14-12(9-13)5-4-6-15(19)18-14;/h7-9,11,16-17H,3-6,10H2,1-2H3,(H,18,19);1H/t11-;/m1./s1. The van der Waals surface area contributed by atoms with Gasteiger partial charge in [-0.1, -0.05) is 6.92 Å². The fourth-order valence-corrected chi connectivity index (χ4v) is 3.64. The molecule has 23 heavy (non-hydrogen) atoms. The second kappa shape index (κ2) is 8.63. The Morgan fingerprint density at radius 2 is 2.04 bits per heavy atom. The van der Waals surface area contributed by atoms with Crippen LogP contribution in [0.5, 0.6) is 0 Å². The lowest BCUT2D eigenvalue weighted by atomic mass is 10.1. The molecule has 1 aliphatic rings.